The number of nitrogens with one attached hydrogen (secondary N) is 2. The Morgan fingerprint density at radius 3 is 2.40 bits per heavy atom. The van der Waals surface area contributed by atoms with Gasteiger partial charge in [-0.15, -0.1) is 0 Å². The zero-order valence-corrected chi connectivity index (χ0v) is 23.8. The number of benzene rings is 1. The number of carbonyl (C=O) groups is 2. The van der Waals surface area contributed by atoms with Gasteiger partial charge >= 0.3 is 12.1 Å². The maximum Gasteiger partial charge on any atom is 0.404 e. The number of halogens is 5. The van der Waals surface area contributed by atoms with Gasteiger partial charge in [0.15, 0.2) is 5.69 Å². The number of alkyl halides is 3. The highest BCUT2D eigenvalue weighted by Gasteiger charge is 2.40. The van der Waals surface area contributed by atoms with Gasteiger partial charge in [0, 0.05) is 18.2 Å². The van der Waals surface area contributed by atoms with Gasteiger partial charge in [-0.1, -0.05) is 42.5 Å². The molecule has 2 aromatic rings. The van der Waals surface area contributed by atoms with Gasteiger partial charge in [-0.2, -0.15) is 23.0 Å². The van der Waals surface area contributed by atoms with Crippen LogP contribution in [0.4, 0.5) is 13.2 Å². The topological polar surface area (TPSA) is 130 Å². The standard InChI is InChI=1S/C25H29Cl2F3N4O5S/c1-13(25(28,29)30)33-40(38,39)20-8-7-17(21(26)22(20)27)19-11-18(23(35)31-16-9-15(10-16)24(36)37)32-34(19)12-14-5-3-2-4-6-14/h7-8,11,13-16,33H,2-6,9-10,12H2,1H3,(H,31,35)(H,36,37). The van der Waals surface area contributed by atoms with Crippen molar-refractivity contribution in [1.29, 1.82) is 0 Å². The number of aliphatic carboxylic acids is 1. The van der Waals surface area contributed by atoms with Crippen LogP contribution >= 0.6 is 23.2 Å². The van der Waals surface area contributed by atoms with Crippen LogP contribution < -0.4 is 10.0 Å². The molecule has 1 aromatic carbocycles. The van der Waals surface area contributed by atoms with Crippen LogP contribution in [0, 0.1) is 11.8 Å². The smallest absolute Gasteiger partial charge is 0.404 e. The van der Waals surface area contributed by atoms with Crippen molar-refractivity contribution in [2.24, 2.45) is 11.8 Å². The number of carboxylic acids is 1. The molecular weight excluding hydrogens is 596 g/mol. The molecule has 2 aliphatic carbocycles. The lowest BCUT2D eigenvalue weighted by molar-refractivity contribution is -0.147. The maximum absolute atomic E-state index is 13.0. The van der Waals surface area contributed by atoms with Gasteiger partial charge in [0.25, 0.3) is 5.91 Å². The number of carboxylic acid groups (broad SMARTS) is 1. The minimum absolute atomic E-state index is 0.0640. The third kappa shape index (κ3) is 6.75. The molecule has 1 unspecified atom stereocenters. The molecule has 0 bridgehead atoms. The summed E-state index contributed by atoms with van der Waals surface area (Å²) in [5.74, 6) is -1.63. The second kappa shape index (κ2) is 11.9. The van der Waals surface area contributed by atoms with Crippen LogP contribution in [-0.4, -0.2) is 53.4 Å². The van der Waals surface area contributed by atoms with E-state index in [1.807, 2.05) is 0 Å². The van der Waals surface area contributed by atoms with E-state index < -0.39 is 50.0 Å². The lowest BCUT2D eigenvalue weighted by Crippen LogP contribution is -2.46. The van der Waals surface area contributed by atoms with Crippen molar-refractivity contribution >= 4 is 45.1 Å². The largest absolute Gasteiger partial charge is 0.481 e. The number of carbonyl (C=O) groups excluding carboxylic acids is 1. The Balaban J connectivity index is 1.65. The van der Waals surface area contributed by atoms with E-state index in [-0.39, 0.29) is 28.2 Å². The molecule has 3 N–H and O–H groups in total. The van der Waals surface area contributed by atoms with Gasteiger partial charge in [0.05, 0.1) is 21.7 Å². The Morgan fingerprint density at radius 1 is 1.15 bits per heavy atom. The summed E-state index contributed by atoms with van der Waals surface area (Å²) in [6, 6.07) is 1.22. The summed E-state index contributed by atoms with van der Waals surface area (Å²) in [6.07, 6.45) is 1.01. The average Bonchev–Trinajstić information content (AvgIpc) is 3.25. The first-order valence-electron chi connectivity index (χ1n) is 12.9. The number of amides is 1. The van der Waals surface area contributed by atoms with Crippen LogP contribution in [0.1, 0.15) is 62.4 Å². The minimum Gasteiger partial charge on any atom is -0.481 e. The second-order valence-corrected chi connectivity index (χ2v) is 12.8. The van der Waals surface area contributed by atoms with E-state index in [0.717, 1.165) is 38.2 Å². The first-order valence-corrected chi connectivity index (χ1v) is 15.1. The number of rotatable bonds is 9. The number of sulfonamides is 1. The summed E-state index contributed by atoms with van der Waals surface area (Å²) in [4.78, 5) is 23.4. The first kappa shape index (κ1) is 30.6. The SMILES string of the molecule is CC(NS(=O)(=O)c1ccc(-c2cc(C(=O)NC3CC(C(=O)O)C3)nn2CC2CCCCC2)c(Cl)c1Cl)C(F)(F)F. The summed E-state index contributed by atoms with van der Waals surface area (Å²) in [5, 5.41) is 15.7. The van der Waals surface area contributed by atoms with E-state index in [4.69, 9.17) is 28.3 Å². The zero-order chi connectivity index (χ0) is 29.4. The van der Waals surface area contributed by atoms with Crippen molar-refractivity contribution in [1.82, 2.24) is 19.8 Å². The van der Waals surface area contributed by atoms with E-state index in [9.17, 15) is 31.2 Å². The highest BCUT2D eigenvalue weighted by atomic mass is 35.5. The molecule has 2 aliphatic rings. The van der Waals surface area contributed by atoms with Gasteiger partial charge in [-0.25, -0.2) is 8.42 Å². The maximum atomic E-state index is 13.0. The average molecular weight is 625 g/mol. The molecule has 1 heterocycles. The number of hydrogen-bond donors (Lipinski definition) is 3. The zero-order valence-electron chi connectivity index (χ0n) is 21.5. The molecule has 40 heavy (non-hydrogen) atoms. The highest BCUT2D eigenvalue weighted by molar-refractivity contribution is 7.89. The fourth-order valence-electron chi connectivity index (χ4n) is 4.99. The third-order valence-corrected chi connectivity index (χ3v) is 10.0. The molecular formula is C25H29Cl2F3N4O5S. The molecule has 2 fully saturated rings. The predicted octanol–water partition coefficient (Wildman–Crippen LogP) is 5.26. The molecule has 1 amide bonds. The van der Waals surface area contributed by atoms with Crippen molar-refractivity contribution in [2.75, 3.05) is 0 Å². The molecule has 1 aromatic heterocycles. The summed E-state index contributed by atoms with van der Waals surface area (Å²) >= 11 is 12.8. The molecule has 15 heteroatoms. The number of aromatic nitrogens is 2. The molecule has 1 atom stereocenters. The lowest BCUT2D eigenvalue weighted by atomic mass is 9.80. The first-order chi connectivity index (χ1) is 18.7. The van der Waals surface area contributed by atoms with E-state index in [2.05, 4.69) is 10.4 Å². The van der Waals surface area contributed by atoms with Crippen LogP contribution in [0.15, 0.2) is 23.1 Å². The van der Waals surface area contributed by atoms with Crippen LogP contribution in [0.5, 0.6) is 0 Å². The molecule has 0 radical (unpaired) electrons. The molecule has 0 saturated heterocycles. The van der Waals surface area contributed by atoms with Crippen molar-refractivity contribution in [2.45, 2.75) is 81.6 Å². The summed E-state index contributed by atoms with van der Waals surface area (Å²) in [5.41, 5.74) is 0.709. The normalized spacial score (nSPS) is 21.1. The van der Waals surface area contributed by atoms with Crippen LogP contribution in [0.25, 0.3) is 11.3 Å². The summed E-state index contributed by atoms with van der Waals surface area (Å²) in [7, 11) is -4.67. The Labute approximate surface area is 239 Å². The van der Waals surface area contributed by atoms with Crippen LogP contribution in [0.3, 0.4) is 0 Å². The van der Waals surface area contributed by atoms with Crippen molar-refractivity contribution < 1.29 is 36.3 Å². The monoisotopic (exact) mass is 624 g/mol. The van der Waals surface area contributed by atoms with Gasteiger partial charge < -0.3 is 10.4 Å². The van der Waals surface area contributed by atoms with Gasteiger partial charge in [0.1, 0.15) is 10.9 Å². The minimum atomic E-state index is -4.81. The van der Waals surface area contributed by atoms with E-state index in [1.54, 1.807) is 9.40 Å². The van der Waals surface area contributed by atoms with E-state index >= 15 is 0 Å². The second-order valence-electron chi connectivity index (χ2n) is 10.4. The van der Waals surface area contributed by atoms with Gasteiger partial charge in [-0.05, 0) is 56.7 Å². The van der Waals surface area contributed by atoms with E-state index in [1.165, 1.54) is 12.1 Å². The quantitative estimate of drug-likeness (QED) is 0.349. The van der Waals surface area contributed by atoms with Crippen LogP contribution in [-0.2, 0) is 21.4 Å². The molecule has 0 spiro atoms. The van der Waals surface area contributed by atoms with Crippen molar-refractivity contribution in [3.05, 3.63) is 33.9 Å². The third-order valence-electron chi connectivity index (χ3n) is 7.43. The summed E-state index contributed by atoms with van der Waals surface area (Å²) < 4.78 is 67.4. The van der Waals surface area contributed by atoms with Gasteiger partial charge in [-0.3, -0.25) is 14.3 Å². The fraction of sp³-hybridized carbons (Fsp3) is 0.560. The molecule has 2 saturated carbocycles. The molecule has 9 nitrogen and oxygen atoms in total. The van der Waals surface area contributed by atoms with Gasteiger partial charge in [0.2, 0.25) is 10.0 Å². The fourth-order valence-corrected chi connectivity index (χ4v) is 7.09. The molecule has 0 aliphatic heterocycles. The molecule has 220 valence electrons. The highest BCUT2D eigenvalue weighted by Crippen LogP contribution is 2.39. The van der Waals surface area contributed by atoms with Crippen LogP contribution in [0.2, 0.25) is 10.0 Å². The molecule has 4 rings (SSSR count). The van der Waals surface area contributed by atoms with Crippen molar-refractivity contribution in [3.63, 3.8) is 0 Å². The lowest BCUT2D eigenvalue weighted by Gasteiger charge is -2.32. The summed E-state index contributed by atoms with van der Waals surface area (Å²) in [6.45, 7) is 1.13. The van der Waals surface area contributed by atoms with Crippen molar-refractivity contribution in [3.8, 4) is 11.3 Å². The number of hydrogen-bond acceptors (Lipinski definition) is 5. The Kier molecular flexibility index (Phi) is 9.08. The Bertz CT molecular complexity index is 1390. The predicted molar refractivity (Wildman–Crippen MR) is 142 cm³/mol. The Morgan fingerprint density at radius 2 is 1.80 bits per heavy atom. The number of nitrogens with zero attached hydrogens (tertiary/aromatic N) is 2. The van der Waals surface area contributed by atoms with E-state index in [0.29, 0.717) is 32.0 Å². The Hall–Kier alpha value is -2.35.